The number of hydrogen-bond acceptors (Lipinski definition) is 6. The van der Waals surface area contributed by atoms with Crippen LogP contribution in [0.4, 0.5) is 8.78 Å². The zero-order valence-corrected chi connectivity index (χ0v) is 11.9. The maximum Gasteiger partial charge on any atom is 0.330 e. The van der Waals surface area contributed by atoms with E-state index in [0.29, 0.717) is 10.8 Å². The van der Waals surface area contributed by atoms with E-state index in [4.69, 9.17) is 4.74 Å². The third-order valence-electron chi connectivity index (χ3n) is 3.43. The second-order valence-electron chi connectivity index (χ2n) is 5.04. The van der Waals surface area contributed by atoms with Crippen LogP contribution in [-0.2, 0) is 4.74 Å². The van der Waals surface area contributed by atoms with Crippen LogP contribution in [0.3, 0.4) is 0 Å². The molecule has 2 rings (SSSR count). The largest absolute Gasteiger partial charge is 0.391 e. The summed E-state index contributed by atoms with van der Waals surface area (Å²) in [5.74, 6) is 2.58. The van der Waals surface area contributed by atoms with Crippen molar-refractivity contribution in [1.29, 1.82) is 0 Å². The molecular formula is C13H14F2N2O6. The summed E-state index contributed by atoms with van der Waals surface area (Å²) in [5.41, 5.74) is -4.92. The number of halogens is 2. The maximum absolute atomic E-state index is 13.4. The van der Waals surface area contributed by atoms with E-state index in [2.05, 4.69) is 0 Å². The fourth-order valence-corrected chi connectivity index (χ4v) is 2.32. The quantitative estimate of drug-likeness (QED) is 0.465. The van der Waals surface area contributed by atoms with Crippen molar-refractivity contribution in [3.05, 3.63) is 32.9 Å². The highest BCUT2D eigenvalue weighted by Gasteiger charge is 2.57. The van der Waals surface area contributed by atoms with Gasteiger partial charge < -0.3 is 20.1 Å². The maximum atomic E-state index is 13.4. The molecule has 0 radical (unpaired) electrons. The van der Waals surface area contributed by atoms with E-state index in [1.54, 1.807) is 4.98 Å². The number of rotatable bonds is 2. The molecule has 1 aromatic heterocycles. The van der Waals surface area contributed by atoms with Gasteiger partial charge in [-0.25, -0.2) is 9.18 Å². The summed E-state index contributed by atoms with van der Waals surface area (Å²) in [4.78, 5) is 24.5. The van der Waals surface area contributed by atoms with Crippen LogP contribution >= 0.6 is 0 Å². The number of aromatic amines is 1. The Morgan fingerprint density at radius 1 is 1.57 bits per heavy atom. The van der Waals surface area contributed by atoms with E-state index < -0.39 is 53.9 Å². The number of aliphatic hydroxyl groups is 3. The van der Waals surface area contributed by atoms with Crippen LogP contribution in [0.2, 0.25) is 0 Å². The molecule has 0 spiro atoms. The molecule has 1 saturated heterocycles. The molecule has 0 amide bonds. The van der Waals surface area contributed by atoms with Crippen LogP contribution in [-0.4, -0.2) is 55.5 Å². The first-order chi connectivity index (χ1) is 10.7. The molecule has 2 heterocycles. The number of nitrogens with zero attached hydrogens (tertiary/aromatic N) is 1. The van der Waals surface area contributed by atoms with Gasteiger partial charge in [-0.15, -0.1) is 0 Å². The first-order valence-electron chi connectivity index (χ1n) is 6.53. The van der Waals surface area contributed by atoms with Gasteiger partial charge in [0.15, 0.2) is 11.8 Å². The molecule has 4 N–H and O–H groups in total. The first kappa shape index (κ1) is 17.3. The Bertz CT molecular complexity index is 764. The highest BCUT2D eigenvalue weighted by Crippen LogP contribution is 2.38. The third kappa shape index (κ3) is 2.91. The molecule has 1 aliphatic rings. The van der Waals surface area contributed by atoms with E-state index in [1.165, 1.54) is 6.92 Å². The van der Waals surface area contributed by atoms with Crippen molar-refractivity contribution in [3.8, 4) is 11.8 Å². The predicted molar refractivity (Wildman–Crippen MR) is 71.6 cm³/mol. The van der Waals surface area contributed by atoms with Crippen molar-refractivity contribution in [2.24, 2.45) is 0 Å². The van der Waals surface area contributed by atoms with E-state index in [1.807, 2.05) is 11.8 Å². The van der Waals surface area contributed by atoms with Crippen LogP contribution < -0.4 is 11.2 Å². The molecule has 1 unspecified atom stereocenters. The Kier molecular flexibility index (Phi) is 4.67. The molecule has 0 bridgehead atoms. The van der Waals surface area contributed by atoms with Gasteiger partial charge in [0, 0.05) is 0 Å². The topological polar surface area (TPSA) is 125 Å². The van der Waals surface area contributed by atoms with Crippen LogP contribution in [0.1, 0.15) is 13.2 Å². The van der Waals surface area contributed by atoms with Crippen molar-refractivity contribution in [3.63, 3.8) is 0 Å². The number of hydrogen-bond donors (Lipinski definition) is 4. The number of alkyl halides is 1. The first-order valence-corrected chi connectivity index (χ1v) is 6.53. The number of aromatic nitrogens is 2. The van der Waals surface area contributed by atoms with Gasteiger partial charge in [-0.2, -0.15) is 4.39 Å². The van der Waals surface area contributed by atoms with Crippen LogP contribution in [0.15, 0.2) is 15.8 Å². The Hall–Kier alpha value is -2.06. The van der Waals surface area contributed by atoms with Crippen LogP contribution in [0.5, 0.6) is 0 Å². The zero-order chi connectivity index (χ0) is 17.4. The fourth-order valence-electron chi connectivity index (χ4n) is 2.32. The molecule has 8 nitrogen and oxygen atoms in total. The normalized spacial score (nSPS) is 31.5. The van der Waals surface area contributed by atoms with Gasteiger partial charge in [-0.05, 0) is 6.92 Å². The van der Waals surface area contributed by atoms with Gasteiger partial charge in [0.05, 0.1) is 12.3 Å². The summed E-state index contributed by atoms with van der Waals surface area (Å²) in [6.45, 7) is 0.0888. The van der Waals surface area contributed by atoms with Gasteiger partial charge in [-0.1, -0.05) is 11.8 Å². The molecule has 0 aliphatic carbocycles. The minimum Gasteiger partial charge on any atom is -0.391 e. The highest BCUT2D eigenvalue weighted by atomic mass is 19.1. The number of nitrogens with one attached hydrogen (secondary N) is 1. The van der Waals surface area contributed by atoms with Gasteiger partial charge in [0.2, 0.25) is 5.82 Å². The second-order valence-corrected chi connectivity index (χ2v) is 5.04. The molecule has 126 valence electrons. The minimum absolute atomic E-state index is 0.463. The Balaban J connectivity index is 2.61. The Morgan fingerprint density at radius 2 is 2.22 bits per heavy atom. The van der Waals surface area contributed by atoms with Gasteiger partial charge in [-0.3, -0.25) is 14.3 Å². The monoisotopic (exact) mass is 332 g/mol. The molecule has 5 atom stereocenters. The summed E-state index contributed by atoms with van der Waals surface area (Å²) in [6, 6.07) is 0. The molecule has 1 fully saturated rings. The smallest absolute Gasteiger partial charge is 0.330 e. The average molecular weight is 332 g/mol. The fraction of sp³-hybridized carbons (Fsp3) is 0.538. The van der Waals surface area contributed by atoms with Crippen molar-refractivity contribution in [1.82, 2.24) is 9.55 Å². The number of ether oxygens (including phenoxy) is 1. The standard InChI is InChI=1S/C13H14F2N2O6/c1-6(18)8-9(19)13(22,3-2-4-14)11(23-8)17-5-7(15)10(20)16-12(17)21/h5-6,8-9,11,18-19,22H,4H2,1H3,(H,16,20,21)/t6-,8-,9?,11-,13-/m1/s1. The minimum atomic E-state index is -2.50. The molecule has 10 heteroatoms. The summed E-state index contributed by atoms with van der Waals surface area (Å²) < 4.78 is 31.4. The summed E-state index contributed by atoms with van der Waals surface area (Å²) in [6.07, 6.45) is -5.77. The molecule has 0 saturated carbocycles. The van der Waals surface area contributed by atoms with Crippen molar-refractivity contribution in [2.75, 3.05) is 6.67 Å². The molecule has 23 heavy (non-hydrogen) atoms. The van der Waals surface area contributed by atoms with Crippen molar-refractivity contribution < 1.29 is 28.8 Å². The molecular weight excluding hydrogens is 318 g/mol. The Morgan fingerprint density at radius 3 is 2.78 bits per heavy atom. The highest BCUT2D eigenvalue weighted by molar-refractivity contribution is 5.23. The van der Waals surface area contributed by atoms with Crippen LogP contribution in [0.25, 0.3) is 0 Å². The number of H-pyrrole nitrogens is 1. The lowest BCUT2D eigenvalue weighted by atomic mass is 9.92. The molecule has 0 aromatic carbocycles. The lowest BCUT2D eigenvalue weighted by Crippen LogP contribution is -2.49. The van der Waals surface area contributed by atoms with E-state index >= 15 is 0 Å². The van der Waals surface area contributed by atoms with Crippen LogP contribution in [0, 0.1) is 17.7 Å². The second kappa shape index (κ2) is 6.21. The lowest BCUT2D eigenvalue weighted by molar-refractivity contribution is -0.0888. The molecule has 1 aromatic rings. The van der Waals surface area contributed by atoms with Gasteiger partial charge >= 0.3 is 5.69 Å². The SMILES string of the molecule is C[C@@H](O)[C@H]1O[C@@H](n2cc(F)c(=O)[nH]c2=O)[C@@](O)(C#CCF)C1O. The zero-order valence-electron chi connectivity index (χ0n) is 11.9. The predicted octanol–water partition coefficient (Wildman–Crippen LogP) is -1.98. The summed E-state index contributed by atoms with van der Waals surface area (Å²) in [5, 5.41) is 30.2. The molecule has 1 aliphatic heterocycles. The van der Waals surface area contributed by atoms with E-state index in [-0.39, 0.29) is 0 Å². The summed E-state index contributed by atoms with van der Waals surface area (Å²) >= 11 is 0. The van der Waals surface area contributed by atoms with E-state index in [9.17, 15) is 33.7 Å². The van der Waals surface area contributed by atoms with Crippen molar-refractivity contribution in [2.45, 2.75) is 37.1 Å². The lowest BCUT2D eigenvalue weighted by Gasteiger charge is -2.26. The third-order valence-corrected chi connectivity index (χ3v) is 3.43. The average Bonchev–Trinajstić information content (AvgIpc) is 2.74. The summed E-state index contributed by atoms with van der Waals surface area (Å²) in [7, 11) is 0. The Labute approximate surface area is 128 Å². The van der Waals surface area contributed by atoms with E-state index in [0.717, 1.165) is 0 Å². The van der Waals surface area contributed by atoms with Gasteiger partial charge in [0.1, 0.15) is 18.9 Å². The van der Waals surface area contributed by atoms with Gasteiger partial charge in [0.25, 0.3) is 5.56 Å². The number of aliphatic hydroxyl groups excluding tert-OH is 2. The van der Waals surface area contributed by atoms with Crippen molar-refractivity contribution >= 4 is 0 Å².